The van der Waals surface area contributed by atoms with Gasteiger partial charge in [0, 0.05) is 85.1 Å². The van der Waals surface area contributed by atoms with Gasteiger partial charge in [-0.1, -0.05) is 162 Å². The zero-order valence-electron chi connectivity index (χ0n) is 66.9. The van der Waals surface area contributed by atoms with Crippen LogP contribution in [0.3, 0.4) is 0 Å². The Morgan fingerprint density at radius 1 is 0.430 bits per heavy atom. The van der Waals surface area contributed by atoms with E-state index in [2.05, 4.69) is 16.0 Å². The Bertz CT molecular complexity index is 6110. The maximum atomic E-state index is 13.8. The molecule has 622 valence electrons. The Hall–Kier alpha value is -11.9. The normalized spacial score (nSPS) is 15.4. The predicted octanol–water partition coefficient (Wildman–Crippen LogP) is 16.9. The summed E-state index contributed by atoms with van der Waals surface area (Å²) >= 11 is 18.4. The number of carbonyl (C=O) groups excluding carboxylic acids is 4. The molecule has 0 aliphatic carbocycles. The van der Waals surface area contributed by atoms with Crippen LogP contribution >= 0.6 is 34.8 Å². The molecular formula is C91H85Cl3F3N13O9S2. The predicted molar refractivity (Wildman–Crippen MR) is 466 cm³/mol. The van der Waals surface area contributed by atoms with Gasteiger partial charge in [0.15, 0.2) is 17.1 Å². The molecule has 15 rings (SSSR count). The topological polar surface area (TPSA) is 248 Å². The van der Waals surface area contributed by atoms with Gasteiger partial charge in [-0.15, -0.1) is 0 Å². The second kappa shape index (κ2) is 38.2. The third-order valence-corrected chi connectivity index (χ3v) is 24.1. The monoisotopic (exact) mass is 1730 g/mol. The van der Waals surface area contributed by atoms with Gasteiger partial charge in [-0.05, 0) is 205 Å². The van der Waals surface area contributed by atoms with E-state index in [1.807, 2.05) is 135 Å². The molecule has 0 bridgehead atoms. The van der Waals surface area contributed by atoms with Crippen LogP contribution in [0.25, 0.3) is 52.0 Å². The third-order valence-electron chi connectivity index (χ3n) is 20.3. The molecular weight excluding hydrogens is 1650 g/mol. The number of halogens is 6. The number of amides is 3. The molecule has 0 unspecified atom stereocenters. The maximum Gasteiger partial charge on any atom is 0.320 e. The van der Waals surface area contributed by atoms with Crippen LogP contribution in [0.15, 0.2) is 237 Å². The lowest BCUT2D eigenvalue weighted by Gasteiger charge is -2.31. The summed E-state index contributed by atoms with van der Waals surface area (Å²) < 4.78 is 107. The SMILES string of the molecule is CCOC(=O)CN1C/C(=C\c2ccc(F)cc2)c2c(c(C(=O)N[C@H](C)c3ccccc3)nn2-c2ccc(Cl)cc2)C1.C[C@@H](NC(=O)c1nn(-c2ccc(Cl)cc2)c2c1CN(S(=O)(=O)N(C)C)C/C2=C\c1ccc(F)cc1)c1ccccc1.C[C@@H](NC(=O)c1nn(-c2ccc(Cl)cc2)c2c1CN(S(C)(=O)=O)C/C2=C\c1ccc(F)cc1)c1ccccc1. The van der Waals surface area contributed by atoms with Crippen molar-refractivity contribution in [2.24, 2.45) is 0 Å². The summed E-state index contributed by atoms with van der Waals surface area (Å²) in [6.45, 7) is 8.44. The first kappa shape index (κ1) is 86.9. The van der Waals surface area contributed by atoms with Crippen LogP contribution in [0.1, 0.15) is 144 Å². The van der Waals surface area contributed by atoms with Gasteiger partial charge in [-0.3, -0.25) is 24.1 Å². The average molecular weight is 1730 g/mol. The molecule has 9 aromatic carbocycles. The van der Waals surface area contributed by atoms with Crippen molar-refractivity contribution >= 4 is 114 Å². The molecule has 3 atom stereocenters. The zero-order chi connectivity index (χ0) is 86.0. The van der Waals surface area contributed by atoms with Gasteiger partial charge in [0.1, 0.15) is 17.5 Å². The Kier molecular flexibility index (Phi) is 27.5. The summed E-state index contributed by atoms with van der Waals surface area (Å²) in [6, 6.07) is 67.0. The van der Waals surface area contributed by atoms with Crippen molar-refractivity contribution in [2.75, 3.05) is 53.1 Å². The van der Waals surface area contributed by atoms with Crippen molar-refractivity contribution in [3.63, 3.8) is 0 Å². The molecule has 0 spiro atoms. The quantitative estimate of drug-likeness (QED) is 0.0567. The van der Waals surface area contributed by atoms with E-state index in [9.17, 15) is 49.2 Å². The highest BCUT2D eigenvalue weighted by atomic mass is 35.5. The fourth-order valence-electron chi connectivity index (χ4n) is 14.3. The first-order chi connectivity index (χ1) is 58.0. The lowest BCUT2D eigenvalue weighted by molar-refractivity contribution is -0.144. The van der Waals surface area contributed by atoms with Gasteiger partial charge < -0.3 is 20.7 Å². The molecule has 3 amide bonds. The van der Waals surface area contributed by atoms with Crippen LogP contribution in [-0.2, 0) is 49.4 Å². The molecule has 22 nitrogen and oxygen atoms in total. The second-order valence-electron chi connectivity index (χ2n) is 29.2. The van der Waals surface area contributed by atoms with Gasteiger partial charge in [-0.25, -0.2) is 35.6 Å². The van der Waals surface area contributed by atoms with E-state index in [4.69, 9.17) is 54.8 Å². The molecule has 3 aliphatic heterocycles. The van der Waals surface area contributed by atoms with Gasteiger partial charge in [0.2, 0.25) is 10.0 Å². The molecule has 0 saturated heterocycles. The minimum atomic E-state index is -3.86. The molecule has 3 aromatic heterocycles. The largest absolute Gasteiger partial charge is 0.465 e. The van der Waals surface area contributed by atoms with Crippen molar-refractivity contribution in [1.82, 2.24) is 63.1 Å². The van der Waals surface area contributed by atoms with Crippen molar-refractivity contribution in [3.05, 3.63) is 353 Å². The minimum Gasteiger partial charge on any atom is -0.465 e. The number of sulfonamides is 1. The number of nitrogens with one attached hydrogen (secondary N) is 3. The molecule has 30 heteroatoms. The Morgan fingerprint density at radius 3 is 1.03 bits per heavy atom. The van der Waals surface area contributed by atoms with Crippen LogP contribution < -0.4 is 16.0 Å². The highest BCUT2D eigenvalue weighted by Crippen LogP contribution is 2.40. The van der Waals surface area contributed by atoms with Crippen LogP contribution in [-0.4, -0.2) is 141 Å². The van der Waals surface area contributed by atoms with Gasteiger partial charge >= 0.3 is 5.97 Å². The van der Waals surface area contributed by atoms with Crippen LogP contribution in [0.2, 0.25) is 15.1 Å². The number of carbonyl (C=O) groups is 4. The first-order valence-electron chi connectivity index (χ1n) is 38.6. The molecule has 0 radical (unpaired) electrons. The molecule has 3 N–H and O–H groups in total. The summed E-state index contributed by atoms with van der Waals surface area (Å²) in [5.41, 5.74) is 13.1. The number of nitrogens with zero attached hydrogens (tertiary/aromatic N) is 10. The first-order valence-corrected chi connectivity index (χ1v) is 43.0. The van der Waals surface area contributed by atoms with Crippen molar-refractivity contribution < 1.29 is 53.9 Å². The summed E-state index contributed by atoms with van der Waals surface area (Å²) in [7, 11) is -4.57. The van der Waals surface area contributed by atoms with Gasteiger partial charge in [-0.2, -0.15) is 36.6 Å². The molecule has 3 aliphatic rings. The zero-order valence-corrected chi connectivity index (χ0v) is 70.8. The molecule has 0 fully saturated rings. The minimum absolute atomic E-state index is 0.0195. The maximum absolute atomic E-state index is 13.8. The number of ether oxygens (including phenoxy) is 1. The van der Waals surface area contributed by atoms with Gasteiger partial charge in [0.05, 0.1) is 71.7 Å². The van der Waals surface area contributed by atoms with Crippen molar-refractivity contribution in [2.45, 2.75) is 65.5 Å². The summed E-state index contributed by atoms with van der Waals surface area (Å²) in [5.74, 6) is -2.64. The van der Waals surface area contributed by atoms with Crippen LogP contribution in [0.4, 0.5) is 13.2 Å². The molecule has 121 heavy (non-hydrogen) atoms. The van der Waals surface area contributed by atoms with Crippen LogP contribution in [0, 0.1) is 17.5 Å². The Balaban J connectivity index is 0.000000157. The van der Waals surface area contributed by atoms with Gasteiger partial charge in [0.25, 0.3) is 27.9 Å². The Labute approximate surface area is 715 Å². The van der Waals surface area contributed by atoms with Crippen molar-refractivity contribution in [3.8, 4) is 17.1 Å². The van der Waals surface area contributed by atoms with E-state index in [-0.39, 0.29) is 104 Å². The number of esters is 1. The fourth-order valence-corrected chi connectivity index (χ4v) is 16.4. The Morgan fingerprint density at radius 2 is 0.727 bits per heavy atom. The van der Waals surface area contributed by atoms with E-state index >= 15 is 0 Å². The van der Waals surface area contributed by atoms with Crippen molar-refractivity contribution in [1.29, 1.82) is 0 Å². The summed E-state index contributed by atoms with van der Waals surface area (Å²) in [6.07, 6.45) is 6.64. The second-order valence-corrected chi connectivity index (χ2v) is 34.6. The number of benzene rings is 9. The molecule has 0 saturated carbocycles. The summed E-state index contributed by atoms with van der Waals surface area (Å²) in [5, 5.41) is 25.0. The summed E-state index contributed by atoms with van der Waals surface area (Å²) in [4.78, 5) is 55.5. The standard InChI is InChI=1S/C32H30ClFN4O3.C30H29ClFN5O3S.C29H26ClFN4O3S/c1-3-41-29(39)20-37-18-24(17-22-9-13-26(34)14-10-22)31-28(19-37)30(36-38(31)27-15-11-25(33)12-16-27)32(40)35-21(2)23-7-5-4-6-8-23;1-20(22-7-5-4-6-8-22)33-30(38)28-27-19-36(41(39,40)35(2)3)18-23(17-21-9-13-25(32)14-10-21)29(27)37(34-28)26-15-11-24(31)12-16-26;1-19(21-6-4-3-5-7-21)32-29(36)27-26-18-34(39(2,37)38)17-22(16-20-8-12-24(31)13-9-20)28(26)35(33-27)25-14-10-23(30)11-15-25/h4-17,21H,3,18-20H2,1-2H3,(H,35,40);4-17,20H,18-19H2,1-3H3,(H,33,38);3-16,19H,17-18H2,1-2H3,(H,32,36)/b24-17+;23-17+;22-16+/t21-;20-;19-/m111/s1. The smallest absolute Gasteiger partial charge is 0.320 e. The fraction of sp³-hybridized carbons (Fsp3) is 0.198. The van der Waals surface area contributed by atoms with E-state index in [0.29, 0.717) is 89.9 Å². The number of aromatic nitrogens is 6. The lowest BCUT2D eigenvalue weighted by atomic mass is 9.97. The van der Waals surface area contributed by atoms with E-state index in [0.717, 1.165) is 49.8 Å². The third kappa shape index (κ3) is 20.9. The molecule has 12 aromatic rings. The van der Waals surface area contributed by atoms with E-state index in [1.165, 1.54) is 59.1 Å². The number of hydrogen-bond donors (Lipinski definition) is 3. The number of rotatable bonds is 21. The van der Waals surface area contributed by atoms with Crippen LogP contribution in [0.5, 0.6) is 0 Å². The molecule has 6 heterocycles. The highest BCUT2D eigenvalue weighted by Gasteiger charge is 2.40. The van der Waals surface area contributed by atoms with E-state index in [1.54, 1.807) is 130 Å². The number of fused-ring (bicyclic) bond motifs is 3. The average Bonchev–Trinajstić information content (AvgIpc) is 1.61. The lowest BCUT2D eigenvalue weighted by Crippen LogP contribution is -2.43. The number of hydrogen-bond acceptors (Lipinski definition) is 13. The highest BCUT2D eigenvalue weighted by molar-refractivity contribution is 7.88. The van der Waals surface area contributed by atoms with E-state index < -0.39 is 32.0 Å².